The largest absolute Gasteiger partial charge is 0.466 e. The lowest BCUT2D eigenvalue weighted by atomic mass is 9.96. The molecule has 1 amide bonds. The zero-order valence-corrected chi connectivity index (χ0v) is 10.6. The maximum atomic E-state index is 11.7. The van der Waals surface area contributed by atoms with Gasteiger partial charge in [-0.3, -0.25) is 14.5 Å². The summed E-state index contributed by atoms with van der Waals surface area (Å²) in [5.74, 6) is -0.578. The van der Waals surface area contributed by atoms with Crippen molar-refractivity contribution >= 4 is 11.9 Å². The number of nitrogens with zero attached hydrogens (tertiary/aromatic N) is 1. The van der Waals surface area contributed by atoms with Crippen LogP contribution >= 0.6 is 0 Å². The molecule has 0 saturated carbocycles. The van der Waals surface area contributed by atoms with Crippen LogP contribution in [0.15, 0.2) is 0 Å². The Labute approximate surface area is 102 Å². The van der Waals surface area contributed by atoms with E-state index < -0.39 is 0 Å². The second-order valence-electron chi connectivity index (χ2n) is 4.41. The molecule has 0 aromatic carbocycles. The average molecular weight is 242 g/mol. The molecule has 1 aliphatic heterocycles. The van der Waals surface area contributed by atoms with Gasteiger partial charge in [0, 0.05) is 6.54 Å². The van der Waals surface area contributed by atoms with Crippen molar-refractivity contribution in [2.75, 3.05) is 19.7 Å². The molecule has 2 unspecified atom stereocenters. The van der Waals surface area contributed by atoms with Gasteiger partial charge < -0.3 is 10.5 Å². The number of likely N-dealkylation sites (tertiary alicyclic amines) is 1. The van der Waals surface area contributed by atoms with Gasteiger partial charge in [-0.05, 0) is 32.7 Å². The predicted molar refractivity (Wildman–Crippen MR) is 64.2 cm³/mol. The van der Waals surface area contributed by atoms with Gasteiger partial charge in [-0.1, -0.05) is 6.92 Å². The summed E-state index contributed by atoms with van der Waals surface area (Å²) in [6.45, 7) is 5.56. The number of ether oxygens (including phenoxy) is 1. The number of hydrogen-bond donors (Lipinski definition) is 1. The van der Waals surface area contributed by atoms with Crippen molar-refractivity contribution in [3.05, 3.63) is 0 Å². The van der Waals surface area contributed by atoms with E-state index in [0.717, 1.165) is 19.4 Å². The van der Waals surface area contributed by atoms with Crippen molar-refractivity contribution in [2.45, 2.75) is 39.2 Å². The van der Waals surface area contributed by atoms with E-state index in [0.29, 0.717) is 19.6 Å². The molecular weight excluding hydrogens is 220 g/mol. The summed E-state index contributed by atoms with van der Waals surface area (Å²) in [6.07, 6.45) is 2.43. The third kappa shape index (κ3) is 3.70. The molecule has 1 heterocycles. The van der Waals surface area contributed by atoms with Gasteiger partial charge in [0.1, 0.15) is 0 Å². The first-order valence-corrected chi connectivity index (χ1v) is 6.30. The number of hydrogen-bond acceptors (Lipinski definition) is 4. The molecule has 98 valence electrons. The third-order valence-corrected chi connectivity index (χ3v) is 3.23. The van der Waals surface area contributed by atoms with Gasteiger partial charge in [-0.2, -0.15) is 0 Å². The topological polar surface area (TPSA) is 72.6 Å². The molecule has 17 heavy (non-hydrogen) atoms. The maximum absolute atomic E-state index is 11.7. The standard InChI is InChI=1S/C12H22N2O3/c1-3-10(11(13)15)14-7-5-6-9(8-14)12(16)17-4-2/h9-10H,3-8H2,1-2H3,(H2,13,15). The number of carbonyl (C=O) groups excluding carboxylic acids is 2. The van der Waals surface area contributed by atoms with E-state index in [1.807, 2.05) is 11.8 Å². The van der Waals surface area contributed by atoms with E-state index in [1.54, 1.807) is 6.92 Å². The number of esters is 1. The van der Waals surface area contributed by atoms with Crippen LogP contribution < -0.4 is 5.73 Å². The zero-order chi connectivity index (χ0) is 12.8. The van der Waals surface area contributed by atoms with Gasteiger partial charge >= 0.3 is 5.97 Å². The van der Waals surface area contributed by atoms with E-state index in [4.69, 9.17) is 10.5 Å². The lowest BCUT2D eigenvalue weighted by molar-refractivity contribution is -0.151. The van der Waals surface area contributed by atoms with Crippen LogP contribution in [0.2, 0.25) is 0 Å². The second kappa shape index (κ2) is 6.59. The first kappa shape index (κ1) is 14.0. The number of carbonyl (C=O) groups is 2. The van der Waals surface area contributed by atoms with Crippen LogP contribution in [-0.4, -0.2) is 42.5 Å². The fraction of sp³-hybridized carbons (Fsp3) is 0.833. The van der Waals surface area contributed by atoms with Gasteiger partial charge in [-0.15, -0.1) is 0 Å². The van der Waals surface area contributed by atoms with Gasteiger partial charge in [0.15, 0.2) is 0 Å². The molecule has 1 saturated heterocycles. The van der Waals surface area contributed by atoms with Crippen LogP contribution in [0, 0.1) is 5.92 Å². The molecule has 1 fully saturated rings. The third-order valence-electron chi connectivity index (χ3n) is 3.23. The molecule has 2 atom stereocenters. The number of primary amides is 1. The molecular formula is C12H22N2O3. The molecule has 0 aliphatic carbocycles. The monoisotopic (exact) mass is 242 g/mol. The quantitative estimate of drug-likeness (QED) is 0.714. The minimum absolute atomic E-state index is 0.114. The molecule has 1 rings (SSSR count). The van der Waals surface area contributed by atoms with Crippen molar-refractivity contribution in [3.8, 4) is 0 Å². The van der Waals surface area contributed by atoms with E-state index in [-0.39, 0.29) is 23.8 Å². The van der Waals surface area contributed by atoms with E-state index in [1.165, 1.54) is 0 Å². The number of amides is 1. The normalized spacial score (nSPS) is 23.1. The molecule has 0 bridgehead atoms. The molecule has 0 radical (unpaired) electrons. The Kier molecular flexibility index (Phi) is 5.41. The lowest BCUT2D eigenvalue weighted by Crippen LogP contribution is -2.50. The smallest absolute Gasteiger partial charge is 0.310 e. The van der Waals surface area contributed by atoms with Crippen LogP contribution in [0.4, 0.5) is 0 Å². The lowest BCUT2D eigenvalue weighted by Gasteiger charge is -2.35. The van der Waals surface area contributed by atoms with Gasteiger partial charge in [0.25, 0.3) is 0 Å². The first-order chi connectivity index (χ1) is 8.10. The van der Waals surface area contributed by atoms with Crippen molar-refractivity contribution in [1.82, 2.24) is 4.90 Å². The maximum Gasteiger partial charge on any atom is 0.310 e. The highest BCUT2D eigenvalue weighted by Crippen LogP contribution is 2.20. The summed E-state index contributed by atoms with van der Waals surface area (Å²) < 4.78 is 5.02. The summed E-state index contributed by atoms with van der Waals surface area (Å²) in [6, 6.07) is -0.257. The van der Waals surface area contributed by atoms with Crippen molar-refractivity contribution in [3.63, 3.8) is 0 Å². The van der Waals surface area contributed by atoms with Crippen molar-refractivity contribution in [1.29, 1.82) is 0 Å². The molecule has 5 nitrogen and oxygen atoms in total. The minimum atomic E-state index is -0.308. The summed E-state index contributed by atoms with van der Waals surface area (Å²) in [5.41, 5.74) is 5.36. The summed E-state index contributed by atoms with van der Waals surface area (Å²) >= 11 is 0. The van der Waals surface area contributed by atoms with E-state index in [9.17, 15) is 9.59 Å². The Bertz CT molecular complexity index is 281. The van der Waals surface area contributed by atoms with Crippen molar-refractivity contribution in [2.24, 2.45) is 11.7 Å². The number of nitrogens with two attached hydrogens (primary N) is 1. The highest BCUT2D eigenvalue weighted by Gasteiger charge is 2.31. The Balaban J connectivity index is 2.59. The number of rotatable bonds is 5. The fourth-order valence-electron chi connectivity index (χ4n) is 2.38. The second-order valence-corrected chi connectivity index (χ2v) is 4.41. The van der Waals surface area contributed by atoms with Crippen LogP contribution in [0.5, 0.6) is 0 Å². The molecule has 0 spiro atoms. The SMILES string of the molecule is CCOC(=O)C1CCCN(C(CC)C(N)=O)C1. The Hall–Kier alpha value is -1.10. The predicted octanol–water partition coefficient (Wildman–Crippen LogP) is 0.525. The highest BCUT2D eigenvalue weighted by molar-refractivity contribution is 5.80. The van der Waals surface area contributed by atoms with Crippen LogP contribution in [-0.2, 0) is 14.3 Å². The molecule has 5 heteroatoms. The van der Waals surface area contributed by atoms with Gasteiger partial charge in [0.05, 0.1) is 18.6 Å². The fourth-order valence-corrected chi connectivity index (χ4v) is 2.38. The van der Waals surface area contributed by atoms with E-state index in [2.05, 4.69) is 0 Å². The number of piperidine rings is 1. The molecule has 0 aromatic heterocycles. The van der Waals surface area contributed by atoms with Gasteiger partial charge in [-0.25, -0.2) is 0 Å². The molecule has 0 aromatic rings. The minimum Gasteiger partial charge on any atom is -0.466 e. The average Bonchev–Trinajstić information content (AvgIpc) is 2.30. The Morgan fingerprint density at radius 1 is 1.47 bits per heavy atom. The molecule has 2 N–H and O–H groups in total. The summed E-state index contributed by atoms with van der Waals surface area (Å²) in [4.78, 5) is 25.0. The van der Waals surface area contributed by atoms with Gasteiger partial charge in [0.2, 0.25) is 5.91 Å². The van der Waals surface area contributed by atoms with Crippen molar-refractivity contribution < 1.29 is 14.3 Å². The summed E-state index contributed by atoms with van der Waals surface area (Å²) in [5, 5.41) is 0. The summed E-state index contributed by atoms with van der Waals surface area (Å²) in [7, 11) is 0. The van der Waals surface area contributed by atoms with E-state index >= 15 is 0 Å². The highest BCUT2D eigenvalue weighted by atomic mass is 16.5. The zero-order valence-electron chi connectivity index (χ0n) is 10.6. The first-order valence-electron chi connectivity index (χ1n) is 6.30. The Morgan fingerprint density at radius 2 is 2.18 bits per heavy atom. The van der Waals surface area contributed by atoms with Crippen LogP contribution in [0.1, 0.15) is 33.1 Å². The van der Waals surface area contributed by atoms with Crippen LogP contribution in [0.25, 0.3) is 0 Å². The van der Waals surface area contributed by atoms with Crippen LogP contribution in [0.3, 0.4) is 0 Å². The Morgan fingerprint density at radius 3 is 2.71 bits per heavy atom. The molecule has 1 aliphatic rings.